The lowest BCUT2D eigenvalue weighted by atomic mass is 10.1. The van der Waals surface area contributed by atoms with Gasteiger partial charge in [-0.15, -0.1) is 0 Å². The first-order valence-electron chi connectivity index (χ1n) is 10.3. The normalized spacial score (nSPS) is 25.8. The van der Waals surface area contributed by atoms with Crippen molar-refractivity contribution in [3.63, 3.8) is 0 Å². The molecule has 0 N–H and O–H groups in total. The highest BCUT2D eigenvalue weighted by Gasteiger charge is 2.34. The fourth-order valence-electron chi connectivity index (χ4n) is 4.39. The molecule has 0 spiro atoms. The fourth-order valence-corrected chi connectivity index (χ4v) is 4.39. The maximum atomic E-state index is 15.3. The van der Waals surface area contributed by atoms with E-state index in [9.17, 15) is 8.78 Å². The van der Waals surface area contributed by atoms with Gasteiger partial charge in [0.25, 0.3) is 5.70 Å². The van der Waals surface area contributed by atoms with E-state index in [0.717, 1.165) is 0 Å². The van der Waals surface area contributed by atoms with Crippen LogP contribution in [0, 0.1) is 41.2 Å². The van der Waals surface area contributed by atoms with E-state index in [-0.39, 0.29) is 56.4 Å². The van der Waals surface area contributed by atoms with Gasteiger partial charge < -0.3 is 19.3 Å². The number of morpholine rings is 2. The van der Waals surface area contributed by atoms with Gasteiger partial charge in [0.2, 0.25) is 0 Å². The van der Waals surface area contributed by atoms with E-state index in [1.165, 1.54) is 6.07 Å². The summed E-state index contributed by atoms with van der Waals surface area (Å²) in [5, 5.41) is 6.82. The van der Waals surface area contributed by atoms with Crippen LogP contribution < -0.4 is 10.4 Å². The third kappa shape index (κ3) is 4.38. The lowest BCUT2D eigenvalue weighted by Crippen LogP contribution is -2.54. The SMILES string of the molecule is [C-]#[N+]C(C#N)=c1c(F)c(F)c(=C(N2CC(C)OC(C)C2)N2CC(C)OC(C)C2)c(F)c1F. The van der Waals surface area contributed by atoms with Crippen molar-refractivity contribution in [1.82, 2.24) is 9.80 Å². The Labute approximate surface area is 183 Å². The molecule has 4 unspecified atom stereocenters. The van der Waals surface area contributed by atoms with Gasteiger partial charge in [-0.3, -0.25) is 0 Å². The Morgan fingerprint density at radius 2 is 1.16 bits per heavy atom. The molecule has 0 radical (unpaired) electrons. The maximum absolute atomic E-state index is 15.3. The van der Waals surface area contributed by atoms with Gasteiger partial charge in [0.05, 0.1) is 47.5 Å². The molecule has 0 aliphatic carbocycles. The minimum absolute atomic E-state index is 0.00494. The Bertz CT molecular complexity index is 1010. The molecule has 4 atom stereocenters. The summed E-state index contributed by atoms with van der Waals surface area (Å²) < 4.78 is 72.0. The summed E-state index contributed by atoms with van der Waals surface area (Å²) in [7, 11) is 0. The summed E-state index contributed by atoms with van der Waals surface area (Å²) in [6.07, 6.45) is -1.15. The van der Waals surface area contributed by atoms with Gasteiger partial charge >= 0.3 is 0 Å². The summed E-state index contributed by atoms with van der Waals surface area (Å²) in [5.41, 5.74) is -1.06. The first kappa shape index (κ1) is 23.8. The van der Waals surface area contributed by atoms with Crippen LogP contribution in [0.25, 0.3) is 16.4 Å². The van der Waals surface area contributed by atoms with E-state index in [1.807, 2.05) is 0 Å². The number of nitrogens with zero attached hydrogens (tertiary/aromatic N) is 4. The van der Waals surface area contributed by atoms with Crippen LogP contribution in [0.2, 0.25) is 0 Å². The molecule has 2 aliphatic rings. The highest BCUT2D eigenvalue weighted by molar-refractivity contribution is 5.66. The molecule has 2 aliphatic heterocycles. The molecule has 0 saturated carbocycles. The molecule has 2 saturated heterocycles. The Morgan fingerprint density at radius 1 is 0.812 bits per heavy atom. The van der Waals surface area contributed by atoms with Crippen molar-refractivity contribution in [1.29, 1.82) is 5.26 Å². The average molecular weight is 452 g/mol. The molecule has 3 rings (SSSR count). The standard InChI is InChI=1S/C22H24F4N4O2/c1-11-7-29(8-12(2)31-11)22(30-9-13(3)32-14(4)10-30)17-20(25)18(23)16(15(6-27)28-5)19(24)21(17)26/h11-14H,7-10H2,1-4H3. The summed E-state index contributed by atoms with van der Waals surface area (Å²) >= 11 is 0. The van der Waals surface area contributed by atoms with Gasteiger partial charge in [0.1, 0.15) is 5.82 Å². The van der Waals surface area contributed by atoms with Crippen LogP contribution in [-0.2, 0) is 9.47 Å². The molecule has 2 fully saturated rings. The monoisotopic (exact) mass is 452 g/mol. The zero-order chi connectivity index (χ0) is 23.7. The first-order valence-corrected chi connectivity index (χ1v) is 10.3. The van der Waals surface area contributed by atoms with E-state index in [1.54, 1.807) is 37.5 Å². The van der Waals surface area contributed by atoms with Crippen LogP contribution in [0.4, 0.5) is 17.6 Å². The second kappa shape index (κ2) is 9.35. The fraction of sp³-hybridized carbons (Fsp3) is 0.545. The van der Waals surface area contributed by atoms with Gasteiger partial charge in [0, 0.05) is 26.2 Å². The Kier molecular flexibility index (Phi) is 6.97. The van der Waals surface area contributed by atoms with E-state index in [0.29, 0.717) is 0 Å². The van der Waals surface area contributed by atoms with Gasteiger partial charge in [-0.25, -0.2) is 27.7 Å². The van der Waals surface area contributed by atoms with E-state index in [2.05, 4.69) is 4.85 Å². The Balaban J connectivity index is 2.41. The van der Waals surface area contributed by atoms with Crippen molar-refractivity contribution in [2.75, 3.05) is 26.2 Å². The first-order chi connectivity index (χ1) is 15.1. The van der Waals surface area contributed by atoms with Crippen molar-refractivity contribution in [2.24, 2.45) is 0 Å². The largest absolute Gasteiger partial charge is 0.372 e. The van der Waals surface area contributed by atoms with Crippen LogP contribution in [0.3, 0.4) is 0 Å². The highest BCUT2D eigenvalue weighted by Crippen LogP contribution is 2.24. The minimum Gasteiger partial charge on any atom is -0.372 e. The molecule has 2 heterocycles. The van der Waals surface area contributed by atoms with Gasteiger partial charge in [0.15, 0.2) is 23.3 Å². The second-order valence-corrected chi connectivity index (χ2v) is 8.23. The number of nitriles is 1. The Hall–Kier alpha value is -2.82. The van der Waals surface area contributed by atoms with Crippen LogP contribution >= 0.6 is 0 Å². The maximum Gasteiger partial charge on any atom is 0.275 e. The number of halogens is 4. The van der Waals surface area contributed by atoms with Crippen molar-refractivity contribution in [2.45, 2.75) is 52.1 Å². The topological polar surface area (TPSA) is 53.1 Å². The Morgan fingerprint density at radius 3 is 1.47 bits per heavy atom. The summed E-state index contributed by atoms with van der Waals surface area (Å²) in [5.74, 6) is -6.84. The van der Waals surface area contributed by atoms with Crippen LogP contribution in [0.1, 0.15) is 27.7 Å². The zero-order valence-electron chi connectivity index (χ0n) is 18.3. The molecule has 32 heavy (non-hydrogen) atoms. The molecule has 6 nitrogen and oxygen atoms in total. The van der Waals surface area contributed by atoms with Gasteiger partial charge in [-0.2, -0.15) is 0 Å². The zero-order valence-corrected chi connectivity index (χ0v) is 18.3. The molecule has 0 aromatic heterocycles. The van der Waals surface area contributed by atoms with E-state index >= 15 is 8.78 Å². The molecule has 1 aromatic rings. The van der Waals surface area contributed by atoms with Crippen molar-refractivity contribution in [3.8, 4) is 6.07 Å². The third-order valence-corrected chi connectivity index (χ3v) is 5.38. The number of ether oxygens (including phenoxy) is 2. The quantitative estimate of drug-likeness (QED) is 0.391. The molecule has 172 valence electrons. The van der Waals surface area contributed by atoms with Crippen molar-refractivity contribution < 1.29 is 27.0 Å². The lowest BCUT2D eigenvalue weighted by molar-refractivity contribution is -0.0743. The van der Waals surface area contributed by atoms with E-state index < -0.39 is 39.4 Å². The van der Waals surface area contributed by atoms with Crippen molar-refractivity contribution >= 4 is 11.5 Å². The molecular weight excluding hydrogens is 428 g/mol. The molecule has 0 amide bonds. The second-order valence-electron chi connectivity index (χ2n) is 8.23. The van der Waals surface area contributed by atoms with Crippen LogP contribution in [0.15, 0.2) is 0 Å². The van der Waals surface area contributed by atoms with Crippen LogP contribution in [-0.4, -0.2) is 60.4 Å². The van der Waals surface area contributed by atoms with Gasteiger partial charge in [-0.1, -0.05) is 0 Å². The van der Waals surface area contributed by atoms with E-state index in [4.69, 9.17) is 21.3 Å². The highest BCUT2D eigenvalue weighted by atomic mass is 19.2. The number of hydrogen-bond acceptors (Lipinski definition) is 5. The number of benzene rings is 1. The lowest BCUT2D eigenvalue weighted by Gasteiger charge is -2.45. The van der Waals surface area contributed by atoms with Crippen molar-refractivity contribution in [3.05, 3.63) is 45.1 Å². The number of rotatable bonds is 2. The summed E-state index contributed by atoms with van der Waals surface area (Å²) in [6, 6.07) is 1.29. The van der Waals surface area contributed by atoms with Gasteiger partial charge in [-0.05, 0) is 27.7 Å². The molecule has 0 bridgehead atoms. The molecule has 10 heteroatoms. The summed E-state index contributed by atoms with van der Waals surface area (Å²) in [4.78, 5) is 6.03. The average Bonchev–Trinajstić information content (AvgIpc) is 2.71. The predicted octanol–water partition coefficient (Wildman–Crippen LogP) is 2.08. The molecule has 1 aromatic carbocycles. The minimum atomic E-state index is -1.77. The molecular formula is C22H24F4N4O2. The smallest absolute Gasteiger partial charge is 0.275 e. The summed E-state index contributed by atoms with van der Waals surface area (Å²) in [6.45, 7) is 15.1. The number of hydrogen-bond donors (Lipinski definition) is 0. The van der Waals surface area contributed by atoms with Crippen LogP contribution in [0.5, 0.6) is 0 Å². The third-order valence-electron chi connectivity index (χ3n) is 5.38. The predicted molar refractivity (Wildman–Crippen MR) is 108 cm³/mol.